The topological polar surface area (TPSA) is 58.6 Å². The van der Waals surface area contributed by atoms with Gasteiger partial charge in [-0.3, -0.25) is 0 Å². The van der Waals surface area contributed by atoms with Crippen LogP contribution < -0.4 is 4.90 Å². The highest BCUT2D eigenvalue weighted by Gasteiger charge is 2.29. The Morgan fingerprint density at radius 1 is 1.23 bits per heavy atom. The zero-order valence-electron chi connectivity index (χ0n) is 17.0. The highest BCUT2D eigenvalue weighted by Crippen LogP contribution is 2.29. The van der Waals surface area contributed by atoms with Gasteiger partial charge in [-0.25, -0.2) is 14.8 Å². The van der Waals surface area contributed by atoms with Crippen molar-refractivity contribution >= 4 is 23.7 Å². The Hall–Kier alpha value is -1.50. The Bertz CT molecular complexity index is 625. The lowest BCUT2D eigenvalue weighted by Crippen LogP contribution is -2.41. The summed E-state index contributed by atoms with van der Waals surface area (Å²) in [5.74, 6) is 1.05. The van der Waals surface area contributed by atoms with Gasteiger partial charge < -0.3 is 14.5 Å². The van der Waals surface area contributed by atoms with Gasteiger partial charge in [0.25, 0.3) is 0 Å². The molecule has 1 aliphatic heterocycles. The van der Waals surface area contributed by atoms with E-state index in [0.717, 1.165) is 49.0 Å². The molecule has 0 aliphatic carbocycles. The van der Waals surface area contributed by atoms with E-state index in [1.807, 2.05) is 27.0 Å². The molecule has 1 amide bonds. The van der Waals surface area contributed by atoms with Gasteiger partial charge in [0, 0.05) is 25.2 Å². The van der Waals surface area contributed by atoms with E-state index in [0.29, 0.717) is 13.1 Å². The van der Waals surface area contributed by atoms with Gasteiger partial charge in [0.2, 0.25) is 0 Å². The lowest BCUT2D eigenvalue weighted by molar-refractivity contribution is 0.0220. The van der Waals surface area contributed by atoms with Crippen LogP contribution in [-0.4, -0.2) is 52.5 Å². The van der Waals surface area contributed by atoms with Crippen LogP contribution in [0.3, 0.4) is 0 Å². The number of hydrogen-bond acceptors (Lipinski definition) is 6. The van der Waals surface area contributed by atoms with Crippen LogP contribution in [-0.2, 0) is 17.7 Å². The zero-order chi connectivity index (χ0) is 19.3. The molecule has 0 unspecified atom stereocenters. The third kappa shape index (κ3) is 5.25. The molecule has 6 nitrogen and oxygen atoms in total. The Kier molecular flexibility index (Phi) is 7.15. The first-order valence-electron chi connectivity index (χ1n) is 9.45. The minimum absolute atomic E-state index is 0.270. The molecule has 2 rings (SSSR count). The number of thioether (sulfide) groups is 1. The van der Waals surface area contributed by atoms with E-state index >= 15 is 0 Å². The Balaban J connectivity index is 2.31. The predicted molar refractivity (Wildman–Crippen MR) is 107 cm³/mol. The van der Waals surface area contributed by atoms with Crippen molar-refractivity contribution in [3.63, 3.8) is 0 Å². The first-order chi connectivity index (χ1) is 12.3. The number of anilines is 1. The largest absolute Gasteiger partial charge is 0.444 e. The van der Waals surface area contributed by atoms with Crippen LogP contribution in [0.25, 0.3) is 0 Å². The highest BCUT2D eigenvalue weighted by atomic mass is 32.2. The second kappa shape index (κ2) is 8.93. The number of aromatic nitrogens is 2. The molecule has 0 spiro atoms. The standard InChI is InChI=1S/C19H32N4O2S/c1-7-10-22(11-8-2)16-14-9-12-23(18(24)25-19(3,4)5)13-15(14)20-17(21-16)26-6/h7-13H2,1-6H3. The minimum Gasteiger partial charge on any atom is -0.444 e. The van der Waals surface area contributed by atoms with Crippen LogP contribution in [0.2, 0.25) is 0 Å². The van der Waals surface area contributed by atoms with E-state index in [4.69, 9.17) is 14.7 Å². The van der Waals surface area contributed by atoms with Crippen molar-refractivity contribution in [1.82, 2.24) is 14.9 Å². The molecule has 7 heteroatoms. The second-order valence-electron chi connectivity index (χ2n) is 7.60. The van der Waals surface area contributed by atoms with Crippen LogP contribution >= 0.6 is 11.8 Å². The fraction of sp³-hybridized carbons (Fsp3) is 0.737. The van der Waals surface area contributed by atoms with E-state index in [9.17, 15) is 4.79 Å². The molecule has 0 aromatic carbocycles. The van der Waals surface area contributed by atoms with Crippen molar-refractivity contribution < 1.29 is 9.53 Å². The number of carbonyl (C=O) groups excluding carboxylic acids is 1. The molecule has 0 saturated carbocycles. The van der Waals surface area contributed by atoms with Gasteiger partial charge in [0.15, 0.2) is 5.16 Å². The molecule has 1 aromatic heterocycles. The summed E-state index contributed by atoms with van der Waals surface area (Å²) in [4.78, 5) is 26.1. The number of hydrogen-bond donors (Lipinski definition) is 0. The van der Waals surface area contributed by atoms with Crippen molar-refractivity contribution in [3.8, 4) is 0 Å². The predicted octanol–water partition coefficient (Wildman–Crippen LogP) is 4.12. The highest BCUT2D eigenvalue weighted by molar-refractivity contribution is 7.98. The van der Waals surface area contributed by atoms with E-state index in [2.05, 4.69) is 18.7 Å². The Labute approximate surface area is 161 Å². The van der Waals surface area contributed by atoms with Gasteiger partial charge in [-0.05, 0) is 46.3 Å². The smallest absolute Gasteiger partial charge is 0.410 e. The summed E-state index contributed by atoms with van der Waals surface area (Å²) in [6.45, 7) is 13.2. The fourth-order valence-corrected chi connectivity index (χ4v) is 3.47. The third-order valence-corrected chi connectivity index (χ3v) is 4.69. The molecule has 146 valence electrons. The summed E-state index contributed by atoms with van der Waals surface area (Å²) in [5.41, 5.74) is 1.65. The summed E-state index contributed by atoms with van der Waals surface area (Å²) in [5, 5.41) is 0.766. The lowest BCUT2D eigenvalue weighted by Gasteiger charge is -2.33. The number of rotatable bonds is 6. The van der Waals surface area contributed by atoms with Gasteiger partial charge in [-0.1, -0.05) is 25.6 Å². The molecule has 1 aliphatic rings. The average Bonchev–Trinajstić information content (AvgIpc) is 2.58. The second-order valence-corrected chi connectivity index (χ2v) is 8.37. The number of fused-ring (bicyclic) bond motifs is 1. The van der Waals surface area contributed by atoms with Gasteiger partial charge >= 0.3 is 6.09 Å². The van der Waals surface area contributed by atoms with E-state index in [1.165, 1.54) is 5.56 Å². The van der Waals surface area contributed by atoms with E-state index in [1.54, 1.807) is 16.7 Å². The molecule has 1 aromatic rings. The molecule has 0 N–H and O–H groups in total. The van der Waals surface area contributed by atoms with Gasteiger partial charge in [0.1, 0.15) is 11.4 Å². The minimum atomic E-state index is -0.488. The van der Waals surface area contributed by atoms with Crippen molar-refractivity contribution in [2.75, 3.05) is 30.8 Å². The zero-order valence-corrected chi connectivity index (χ0v) is 17.8. The molecule has 0 atom stereocenters. The van der Waals surface area contributed by atoms with Crippen LogP contribution in [0.1, 0.15) is 58.7 Å². The summed E-state index contributed by atoms with van der Waals surface area (Å²) in [6.07, 6.45) is 4.65. The lowest BCUT2D eigenvalue weighted by atomic mass is 10.0. The molecular formula is C19H32N4O2S. The number of amides is 1. The molecule has 2 heterocycles. The average molecular weight is 381 g/mol. The number of ether oxygens (including phenoxy) is 1. The molecule has 0 saturated heterocycles. The molecule has 26 heavy (non-hydrogen) atoms. The first-order valence-corrected chi connectivity index (χ1v) is 10.7. The summed E-state index contributed by atoms with van der Waals surface area (Å²) in [6, 6.07) is 0. The molecule has 0 bridgehead atoms. The monoisotopic (exact) mass is 380 g/mol. The molecular weight excluding hydrogens is 348 g/mol. The van der Waals surface area contributed by atoms with Crippen LogP contribution in [0.15, 0.2) is 5.16 Å². The summed E-state index contributed by atoms with van der Waals surface area (Å²) >= 11 is 1.55. The normalized spacial score (nSPS) is 14.2. The van der Waals surface area contributed by atoms with Crippen molar-refractivity contribution in [2.45, 2.75) is 71.2 Å². The number of nitrogens with zero attached hydrogens (tertiary/aromatic N) is 4. The maximum Gasteiger partial charge on any atom is 0.410 e. The summed E-state index contributed by atoms with van der Waals surface area (Å²) in [7, 11) is 0. The third-order valence-electron chi connectivity index (χ3n) is 4.14. The van der Waals surface area contributed by atoms with Crippen LogP contribution in [0, 0.1) is 0 Å². The maximum atomic E-state index is 12.4. The Morgan fingerprint density at radius 2 is 1.88 bits per heavy atom. The van der Waals surface area contributed by atoms with Gasteiger partial charge in [-0.2, -0.15) is 0 Å². The Morgan fingerprint density at radius 3 is 2.42 bits per heavy atom. The molecule has 0 fully saturated rings. The van der Waals surface area contributed by atoms with E-state index in [-0.39, 0.29) is 6.09 Å². The van der Waals surface area contributed by atoms with Crippen molar-refractivity contribution in [1.29, 1.82) is 0 Å². The maximum absolute atomic E-state index is 12.4. The molecule has 0 radical (unpaired) electrons. The van der Waals surface area contributed by atoms with Gasteiger partial charge in [0.05, 0.1) is 12.2 Å². The van der Waals surface area contributed by atoms with Crippen molar-refractivity contribution in [2.24, 2.45) is 0 Å². The van der Waals surface area contributed by atoms with Crippen LogP contribution in [0.5, 0.6) is 0 Å². The SMILES string of the molecule is CCCN(CCC)c1nc(SC)nc2c1CCN(C(=O)OC(C)(C)C)C2. The quantitative estimate of drug-likeness (QED) is 0.547. The summed E-state index contributed by atoms with van der Waals surface area (Å²) < 4.78 is 5.53. The van der Waals surface area contributed by atoms with Crippen molar-refractivity contribution in [3.05, 3.63) is 11.3 Å². The van der Waals surface area contributed by atoms with Crippen LogP contribution in [0.4, 0.5) is 10.6 Å². The number of carbonyl (C=O) groups is 1. The van der Waals surface area contributed by atoms with E-state index < -0.39 is 5.60 Å². The van der Waals surface area contributed by atoms with Gasteiger partial charge in [-0.15, -0.1) is 0 Å². The first kappa shape index (κ1) is 20.8. The fourth-order valence-electron chi connectivity index (χ4n) is 3.09.